The molecule has 2 heteroatoms. The maximum atomic E-state index is 10.5. The molecule has 1 rings (SSSR count). The van der Waals surface area contributed by atoms with Gasteiger partial charge in [-0.15, -0.1) is 0 Å². The standard InChI is InChI=1S/C10H18O2/c1-9(8-11)7-10(2)3-5-12-6-4-10/h8-9H,3-7H2,1-2H3. The molecule has 1 atom stereocenters. The number of aldehydes is 1. The van der Waals surface area contributed by atoms with Crippen molar-refractivity contribution >= 4 is 6.29 Å². The number of rotatable bonds is 3. The Morgan fingerprint density at radius 1 is 1.50 bits per heavy atom. The third-order valence-corrected chi connectivity index (χ3v) is 2.75. The van der Waals surface area contributed by atoms with E-state index in [2.05, 4.69) is 6.92 Å². The molecule has 0 aliphatic carbocycles. The van der Waals surface area contributed by atoms with Gasteiger partial charge in [0.05, 0.1) is 0 Å². The summed E-state index contributed by atoms with van der Waals surface area (Å²) in [7, 11) is 0. The maximum absolute atomic E-state index is 10.5. The first-order valence-electron chi connectivity index (χ1n) is 4.69. The first kappa shape index (κ1) is 9.72. The molecule has 12 heavy (non-hydrogen) atoms. The molecule has 2 nitrogen and oxygen atoms in total. The molecule has 0 aromatic rings. The highest BCUT2D eigenvalue weighted by Crippen LogP contribution is 2.35. The molecule has 1 aliphatic rings. The Morgan fingerprint density at radius 2 is 2.08 bits per heavy atom. The summed E-state index contributed by atoms with van der Waals surface area (Å²) in [5.74, 6) is 0.202. The van der Waals surface area contributed by atoms with Crippen molar-refractivity contribution in [3.63, 3.8) is 0 Å². The summed E-state index contributed by atoms with van der Waals surface area (Å²) in [5, 5.41) is 0. The predicted molar refractivity (Wildman–Crippen MR) is 48.0 cm³/mol. The highest BCUT2D eigenvalue weighted by atomic mass is 16.5. The lowest BCUT2D eigenvalue weighted by molar-refractivity contribution is -0.112. The summed E-state index contributed by atoms with van der Waals surface area (Å²) in [6.45, 7) is 5.98. The molecule has 0 bridgehead atoms. The zero-order valence-corrected chi connectivity index (χ0v) is 8.01. The molecule has 0 saturated carbocycles. The number of hydrogen-bond donors (Lipinski definition) is 0. The van der Waals surface area contributed by atoms with Crippen molar-refractivity contribution < 1.29 is 9.53 Å². The van der Waals surface area contributed by atoms with Crippen LogP contribution in [0.4, 0.5) is 0 Å². The fourth-order valence-corrected chi connectivity index (χ4v) is 1.89. The van der Waals surface area contributed by atoms with Gasteiger partial charge in [-0.1, -0.05) is 13.8 Å². The van der Waals surface area contributed by atoms with E-state index in [0.29, 0.717) is 5.41 Å². The first-order chi connectivity index (χ1) is 5.66. The van der Waals surface area contributed by atoms with E-state index >= 15 is 0 Å². The topological polar surface area (TPSA) is 26.3 Å². The number of carbonyl (C=O) groups is 1. The van der Waals surface area contributed by atoms with Crippen LogP contribution in [0.2, 0.25) is 0 Å². The van der Waals surface area contributed by atoms with Crippen LogP contribution in [0, 0.1) is 11.3 Å². The monoisotopic (exact) mass is 170 g/mol. The third-order valence-electron chi connectivity index (χ3n) is 2.75. The normalized spacial score (nSPS) is 24.8. The van der Waals surface area contributed by atoms with Gasteiger partial charge < -0.3 is 9.53 Å². The Kier molecular flexibility index (Phi) is 3.27. The van der Waals surface area contributed by atoms with Gasteiger partial charge in [-0.3, -0.25) is 0 Å². The zero-order chi connectivity index (χ0) is 9.03. The van der Waals surface area contributed by atoms with Gasteiger partial charge in [-0.05, 0) is 24.7 Å². The summed E-state index contributed by atoms with van der Waals surface area (Å²) in [4.78, 5) is 10.5. The van der Waals surface area contributed by atoms with Gasteiger partial charge in [0.25, 0.3) is 0 Å². The minimum absolute atomic E-state index is 0.202. The van der Waals surface area contributed by atoms with Crippen LogP contribution >= 0.6 is 0 Å². The lowest BCUT2D eigenvalue weighted by Crippen LogP contribution is -2.28. The van der Waals surface area contributed by atoms with E-state index < -0.39 is 0 Å². The molecule has 1 heterocycles. The maximum Gasteiger partial charge on any atom is 0.122 e. The highest BCUT2D eigenvalue weighted by Gasteiger charge is 2.28. The summed E-state index contributed by atoms with van der Waals surface area (Å²) in [6, 6.07) is 0. The van der Waals surface area contributed by atoms with Gasteiger partial charge in [0, 0.05) is 19.1 Å². The Balaban J connectivity index is 2.40. The molecule has 0 N–H and O–H groups in total. The van der Waals surface area contributed by atoms with Crippen molar-refractivity contribution in [3.05, 3.63) is 0 Å². The van der Waals surface area contributed by atoms with Crippen LogP contribution in [-0.2, 0) is 9.53 Å². The van der Waals surface area contributed by atoms with Crippen molar-refractivity contribution in [2.24, 2.45) is 11.3 Å². The van der Waals surface area contributed by atoms with E-state index in [1.54, 1.807) is 0 Å². The quantitative estimate of drug-likeness (QED) is 0.606. The molecular formula is C10H18O2. The molecule has 70 valence electrons. The summed E-state index contributed by atoms with van der Waals surface area (Å²) >= 11 is 0. The lowest BCUT2D eigenvalue weighted by atomic mass is 9.76. The molecule has 1 saturated heterocycles. The summed E-state index contributed by atoms with van der Waals surface area (Å²) < 4.78 is 5.29. The van der Waals surface area contributed by atoms with Crippen LogP contribution in [0.3, 0.4) is 0 Å². The molecule has 0 aromatic heterocycles. The average molecular weight is 170 g/mol. The van der Waals surface area contributed by atoms with Crippen LogP contribution in [0.5, 0.6) is 0 Å². The van der Waals surface area contributed by atoms with Crippen LogP contribution in [-0.4, -0.2) is 19.5 Å². The van der Waals surface area contributed by atoms with Gasteiger partial charge in [0.1, 0.15) is 6.29 Å². The molecule has 0 spiro atoms. The summed E-state index contributed by atoms with van der Waals surface area (Å²) in [5.41, 5.74) is 0.346. The molecule has 0 radical (unpaired) electrons. The van der Waals surface area contributed by atoms with Crippen molar-refractivity contribution in [2.45, 2.75) is 33.1 Å². The smallest absolute Gasteiger partial charge is 0.122 e. The van der Waals surface area contributed by atoms with Crippen molar-refractivity contribution in [1.29, 1.82) is 0 Å². The van der Waals surface area contributed by atoms with Crippen LogP contribution in [0.15, 0.2) is 0 Å². The molecule has 1 fully saturated rings. The Morgan fingerprint density at radius 3 is 2.58 bits per heavy atom. The van der Waals surface area contributed by atoms with Crippen molar-refractivity contribution in [3.8, 4) is 0 Å². The number of hydrogen-bond acceptors (Lipinski definition) is 2. The minimum atomic E-state index is 0.202. The van der Waals surface area contributed by atoms with E-state index in [1.165, 1.54) is 0 Å². The van der Waals surface area contributed by atoms with Crippen LogP contribution < -0.4 is 0 Å². The number of ether oxygens (including phenoxy) is 1. The second-order valence-electron chi connectivity index (χ2n) is 4.24. The third kappa shape index (κ3) is 2.59. The highest BCUT2D eigenvalue weighted by molar-refractivity contribution is 5.52. The van der Waals surface area contributed by atoms with E-state index in [1.807, 2.05) is 6.92 Å². The Bertz CT molecular complexity index is 148. The fourth-order valence-electron chi connectivity index (χ4n) is 1.89. The van der Waals surface area contributed by atoms with Crippen LogP contribution in [0.1, 0.15) is 33.1 Å². The summed E-state index contributed by atoms with van der Waals surface area (Å²) in [6.07, 6.45) is 4.27. The Labute approximate surface area is 74.3 Å². The minimum Gasteiger partial charge on any atom is -0.381 e. The molecular weight excluding hydrogens is 152 g/mol. The second kappa shape index (κ2) is 4.04. The molecule has 0 amide bonds. The van der Waals surface area contributed by atoms with Crippen molar-refractivity contribution in [1.82, 2.24) is 0 Å². The Hall–Kier alpha value is -0.370. The lowest BCUT2D eigenvalue weighted by Gasteiger charge is -2.34. The average Bonchev–Trinajstić information content (AvgIpc) is 2.05. The zero-order valence-electron chi connectivity index (χ0n) is 8.01. The fraction of sp³-hybridized carbons (Fsp3) is 0.900. The van der Waals surface area contributed by atoms with Gasteiger partial charge in [-0.25, -0.2) is 0 Å². The van der Waals surface area contributed by atoms with E-state index in [4.69, 9.17) is 4.74 Å². The van der Waals surface area contributed by atoms with Gasteiger partial charge in [0.15, 0.2) is 0 Å². The molecule has 1 aliphatic heterocycles. The van der Waals surface area contributed by atoms with Crippen molar-refractivity contribution in [2.75, 3.05) is 13.2 Å². The predicted octanol–water partition coefficient (Wildman–Crippen LogP) is 2.03. The molecule has 0 aromatic carbocycles. The van der Waals surface area contributed by atoms with Gasteiger partial charge in [0.2, 0.25) is 0 Å². The van der Waals surface area contributed by atoms with E-state index in [9.17, 15) is 4.79 Å². The molecule has 1 unspecified atom stereocenters. The second-order valence-corrected chi connectivity index (χ2v) is 4.24. The van der Waals surface area contributed by atoms with E-state index in [-0.39, 0.29) is 5.92 Å². The number of carbonyl (C=O) groups excluding carboxylic acids is 1. The van der Waals surface area contributed by atoms with Gasteiger partial charge in [-0.2, -0.15) is 0 Å². The largest absolute Gasteiger partial charge is 0.381 e. The van der Waals surface area contributed by atoms with E-state index in [0.717, 1.165) is 38.8 Å². The van der Waals surface area contributed by atoms with Gasteiger partial charge >= 0.3 is 0 Å². The SMILES string of the molecule is CC(C=O)CC1(C)CCOCC1. The first-order valence-corrected chi connectivity index (χ1v) is 4.69. The van der Waals surface area contributed by atoms with Crippen LogP contribution in [0.25, 0.3) is 0 Å².